The number of rotatable bonds is 6. The van der Waals surface area contributed by atoms with Crippen LogP contribution in [0.15, 0.2) is 24.3 Å². The zero-order chi connectivity index (χ0) is 15.3. The highest BCUT2D eigenvalue weighted by Gasteiger charge is 2.35. The summed E-state index contributed by atoms with van der Waals surface area (Å²) in [7, 11) is -1.56. The molecule has 0 spiro atoms. The Labute approximate surface area is 126 Å². The van der Waals surface area contributed by atoms with E-state index < -0.39 is 10.0 Å². The molecule has 1 aliphatic rings. The number of hydrogen-bond acceptors (Lipinski definition) is 4. The summed E-state index contributed by atoms with van der Waals surface area (Å²) in [6.45, 7) is 3.37. The molecule has 0 aromatic heterocycles. The molecule has 1 fully saturated rings. The highest BCUT2D eigenvalue weighted by atomic mass is 32.2. The predicted molar refractivity (Wildman–Crippen MR) is 82.2 cm³/mol. The van der Waals surface area contributed by atoms with Crippen LogP contribution in [0.25, 0.3) is 0 Å². The summed E-state index contributed by atoms with van der Waals surface area (Å²) in [5.74, 6) is 0.900. The van der Waals surface area contributed by atoms with Crippen LogP contribution >= 0.6 is 0 Å². The van der Waals surface area contributed by atoms with E-state index in [0.717, 1.165) is 24.2 Å². The second-order valence-electron chi connectivity index (χ2n) is 5.35. The third-order valence-electron chi connectivity index (χ3n) is 4.16. The summed E-state index contributed by atoms with van der Waals surface area (Å²) < 4.78 is 36.9. The van der Waals surface area contributed by atoms with Crippen molar-refractivity contribution >= 4 is 10.0 Å². The highest BCUT2D eigenvalue weighted by molar-refractivity contribution is 7.89. The first-order valence-electron chi connectivity index (χ1n) is 7.21. The van der Waals surface area contributed by atoms with Gasteiger partial charge in [-0.3, -0.25) is 0 Å². The van der Waals surface area contributed by atoms with Crippen LogP contribution in [0, 0.1) is 0 Å². The number of methoxy groups -OCH3 is 1. The molecule has 1 heterocycles. The Bertz CT molecular complexity index is 548. The molecule has 2 rings (SSSR count). The van der Waals surface area contributed by atoms with Crippen LogP contribution in [0.5, 0.6) is 5.75 Å². The van der Waals surface area contributed by atoms with Crippen molar-refractivity contribution in [2.24, 2.45) is 0 Å². The SMILES string of the molecule is CCS(=O)(=O)NCC1(c2ccc(OC)cc2)CCOCC1. The van der Waals surface area contributed by atoms with Crippen LogP contribution in [0.4, 0.5) is 0 Å². The molecule has 5 nitrogen and oxygen atoms in total. The molecule has 1 aliphatic heterocycles. The summed E-state index contributed by atoms with van der Waals surface area (Å²) in [5, 5.41) is 0. The van der Waals surface area contributed by atoms with Gasteiger partial charge in [-0.25, -0.2) is 13.1 Å². The fourth-order valence-electron chi connectivity index (χ4n) is 2.62. The van der Waals surface area contributed by atoms with Crippen molar-refractivity contribution in [2.75, 3.05) is 32.6 Å². The van der Waals surface area contributed by atoms with Gasteiger partial charge in [-0.2, -0.15) is 0 Å². The maximum absolute atomic E-state index is 11.8. The van der Waals surface area contributed by atoms with E-state index in [1.54, 1.807) is 14.0 Å². The van der Waals surface area contributed by atoms with Crippen LogP contribution in [-0.2, 0) is 20.2 Å². The summed E-state index contributed by atoms with van der Waals surface area (Å²) in [6, 6.07) is 7.87. The maximum atomic E-state index is 11.8. The summed E-state index contributed by atoms with van der Waals surface area (Å²) in [6.07, 6.45) is 1.62. The topological polar surface area (TPSA) is 64.6 Å². The Kier molecular flexibility index (Phi) is 5.24. The van der Waals surface area contributed by atoms with Crippen molar-refractivity contribution in [1.29, 1.82) is 0 Å². The van der Waals surface area contributed by atoms with Crippen LogP contribution in [0.3, 0.4) is 0 Å². The smallest absolute Gasteiger partial charge is 0.211 e. The van der Waals surface area contributed by atoms with Crippen LogP contribution in [0.2, 0.25) is 0 Å². The Morgan fingerprint density at radius 2 is 1.86 bits per heavy atom. The molecule has 0 amide bonds. The fourth-order valence-corrected chi connectivity index (χ4v) is 3.32. The van der Waals surface area contributed by atoms with Gasteiger partial charge in [0.25, 0.3) is 0 Å². The van der Waals surface area contributed by atoms with E-state index in [1.807, 2.05) is 24.3 Å². The highest BCUT2D eigenvalue weighted by Crippen LogP contribution is 2.35. The van der Waals surface area contributed by atoms with Crippen LogP contribution in [0.1, 0.15) is 25.3 Å². The normalized spacial score (nSPS) is 18.4. The molecule has 0 bridgehead atoms. The Hall–Kier alpha value is -1.11. The maximum Gasteiger partial charge on any atom is 0.211 e. The lowest BCUT2D eigenvalue weighted by atomic mass is 9.74. The minimum atomic E-state index is -3.19. The number of sulfonamides is 1. The third-order valence-corrected chi connectivity index (χ3v) is 5.51. The molecule has 1 saturated heterocycles. The first-order chi connectivity index (χ1) is 10.0. The number of hydrogen-bond donors (Lipinski definition) is 1. The van der Waals surface area contributed by atoms with E-state index in [4.69, 9.17) is 9.47 Å². The van der Waals surface area contributed by atoms with Crippen molar-refractivity contribution in [1.82, 2.24) is 4.72 Å². The van der Waals surface area contributed by atoms with Gasteiger partial charge in [-0.05, 0) is 37.5 Å². The Morgan fingerprint density at radius 3 is 2.38 bits per heavy atom. The summed E-state index contributed by atoms with van der Waals surface area (Å²) in [4.78, 5) is 0. The molecular formula is C15H23NO4S. The van der Waals surface area contributed by atoms with Crippen molar-refractivity contribution in [3.05, 3.63) is 29.8 Å². The molecule has 1 N–H and O–H groups in total. The van der Waals surface area contributed by atoms with Gasteiger partial charge >= 0.3 is 0 Å². The standard InChI is InChI=1S/C15H23NO4S/c1-3-21(17,18)16-12-15(8-10-20-11-9-15)13-4-6-14(19-2)7-5-13/h4-7,16H,3,8-12H2,1-2H3. The predicted octanol–water partition coefficient (Wildman–Crippen LogP) is 1.68. The average Bonchev–Trinajstić information content (AvgIpc) is 2.54. The molecular weight excluding hydrogens is 290 g/mol. The Morgan fingerprint density at radius 1 is 1.24 bits per heavy atom. The van der Waals surface area contributed by atoms with Gasteiger partial charge < -0.3 is 9.47 Å². The van der Waals surface area contributed by atoms with Gasteiger partial charge in [-0.1, -0.05) is 12.1 Å². The summed E-state index contributed by atoms with van der Waals surface area (Å²) in [5.41, 5.74) is 0.928. The monoisotopic (exact) mass is 313 g/mol. The van der Waals surface area contributed by atoms with E-state index in [1.165, 1.54) is 0 Å². The first-order valence-corrected chi connectivity index (χ1v) is 8.86. The fraction of sp³-hybridized carbons (Fsp3) is 0.600. The lowest BCUT2D eigenvalue weighted by Gasteiger charge is -2.38. The Balaban J connectivity index is 2.23. The molecule has 118 valence electrons. The number of nitrogens with one attached hydrogen (secondary N) is 1. The molecule has 0 radical (unpaired) electrons. The van der Waals surface area contributed by atoms with Crippen LogP contribution in [-0.4, -0.2) is 41.0 Å². The zero-order valence-electron chi connectivity index (χ0n) is 12.6. The molecule has 1 aromatic carbocycles. The molecule has 0 aliphatic carbocycles. The van der Waals surface area contributed by atoms with Crippen molar-refractivity contribution in [3.8, 4) is 5.75 Å². The molecule has 0 unspecified atom stereocenters. The number of benzene rings is 1. The van der Waals surface area contributed by atoms with Crippen molar-refractivity contribution in [3.63, 3.8) is 0 Å². The zero-order valence-corrected chi connectivity index (χ0v) is 13.4. The molecule has 21 heavy (non-hydrogen) atoms. The second-order valence-corrected chi connectivity index (χ2v) is 7.44. The van der Waals surface area contributed by atoms with Gasteiger partial charge in [0.15, 0.2) is 0 Å². The quantitative estimate of drug-likeness (QED) is 0.868. The minimum absolute atomic E-state index is 0.0994. The lowest BCUT2D eigenvalue weighted by molar-refractivity contribution is 0.0517. The van der Waals surface area contributed by atoms with Crippen molar-refractivity contribution in [2.45, 2.75) is 25.2 Å². The van der Waals surface area contributed by atoms with Gasteiger partial charge in [0.2, 0.25) is 10.0 Å². The lowest BCUT2D eigenvalue weighted by Crippen LogP contribution is -2.44. The summed E-state index contributed by atoms with van der Waals surface area (Å²) >= 11 is 0. The second kappa shape index (κ2) is 6.77. The van der Waals surface area contributed by atoms with E-state index in [2.05, 4.69) is 4.72 Å². The van der Waals surface area contributed by atoms with Gasteiger partial charge in [-0.15, -0.1) is 0 Å². The third kappa shape index (κ3) is 3.96. The van der Waals surface area contributed by atoms with Gasteiger partial charge in [0.1, 0.15) is 5.75 Å². The van der Waals surface area contributed by atoms with E-state index in [-0.39, 0.29) is 11.2 Å². The van der Waals surface area contributed by atoms with Gasteiger partial charge in [0, 0.05) is 25.2 Å². The van der Waals surface area contributed by atoms with E-state index in [0.29, 0.717) is 19.8 Å². The average molecular weight is 313 g/mol. The van der Waals surface area contributed by atoms with Crippen molar-refractivity contribution < 1.29 is 17.9 Å². The van der Waals surface area contributed by atoms with E-state index >= 15 is 0 Å². The molecule has 0 atom stereocenters. The molecule has 6 heteroatoms. The largest absolute Gasteiger partial charge is 0.497 e. The van der Waals surface area contributed by atoms with E-state index in [9.17, 15) is 8.42 Å². The first kappa shape index (κ1) is 16.3. The molecule has 1 aromatic rings. The minimum Gasteiger partial charge on any atom is -0.497 e. The van der Waals surface area contributed by atoms with Gasteiger partial charge in [0.05, 0.1) is 12.9 Å². The molecule has 0 saturated carbocycles. The van der Waals surface area contributed by atoms with Crippen LogP contribution < -0.4 is 9.46 Å². The number of ether oxygens (including phenoxy) is 2.